The van der Waals surface area contributed by atoms with Gasteiger partial charge in [-0.3, -0.25) is 19.2 Å². The fourth-order valence-corrected chi connectivity index (χ4v) is 5.17. The summed E-state index contributed by atoms with van der Waals surface area (Å²) in [6, 6.07) is 11.9. The Morgan fingerprint density at radius 2 is 1.51 bits per heavy atom. The number of aryl methyl sites for hydroxylation is 1. The van der Waals surface area contributed by atoms with Gasteiger partial charge in [-0.2, -0.15) is 0 Å². The quantitative estimate of drug-likeness (QED) is 0.339. The third-order valence-electron chi connectivity index (χ3n) is 7.26. The van der Waals surface area contributed by atoms with Crippen molar-refractivity contribution < 1.29 is 24.3 Å². The Morgan fingerprint density at radius 1 is 0.860 bits per heavy atom. The van der Waals surface area contributed by atoms with E-state index in [-0.39, 0.29) is 29.1 Å². The molecule has 0 spiro atoms. The van der Waals surface area contributed by atoms with Crippen molar-refractivity contribution in [2.45, 2.75) is 80.2 Å². The molecule has 1 atom stereocenters. The zero-order chi connectivity index (χ0) is 31.9. The fraction of sp³-hybridized carbons (Fsp3) is 0.529. The highest BCUT2D eigenvalue weighted by Gasteiger charge is 2.26. The first-order chi connectivity index (χ1) is 20.0. The van der Waals surface area contributed by atoms with Crippen LogP contribution in [0.4, 0.5) is 11.4 Å². The number of nitrogens with zero attached hydrogens (tertiary/aromatic N) is 2. The SMILES string of the molecule is Cc1ccc(C(CC(=O)O)NC(=O)c2ccc(N3CCCN(C(=O)CC(C)(C)C)CC3)c(NC(=O)CC(C)(C)C)c2)cc1. The molecule has 2 aromatic carbocycles. The van der Waals surface area contributed by atoms with Crippen molar-refractivity contribution in [3.05, 3.63) is 59.2 Å². The largest absolute Gasteiger partial charge is 0.481 e. The van der Waals surface area contributed by atoms with E-state index in [2.05, 4.69) is 36.3 Å². The zero-order valence-electron chi connectivity index (χ0n) is 26.8. The summed E-state index contributed by atoms with van der Waals surface area (Å²) in [6.45, 7) is 16.6. The molecular formula is C34H48N4O5. The van der Waals surface area contributed by atoms with E-state index in [1.807, 2.05) is 62.9 Å². The summed E-state index contributed by atoms with van der Waals surface area (Å²) in [4.78, 5) is 55.1. The number of nitrogens with one attached hydrogen (secondary N) is 2. The first-order valence-electron chi connectivity index (χ1n) is 15.1. The Labute approximate surface area is 256 Å². The molecule has 3 N–H and O–H groups in total. The molecule has 234 valence electrons. The lowest BCUT2D eigenvalue weighted by molar-refractivity contribution is -0.137. The molecule has 1 aliphatic rings. The van der Waals surface area contributed by atoms with Crippen LogP contribution in [-0.2, 0) is 14.4 Å². The highest BCUT2D eigenvalue weighted by Crippen LogP contribution is 2.31. The lowest BCUT2D eigenvalue weighted by Gasteiger charge is -2.28. The van der Waals surface area contributed by atoms with E-state index in [4.69, 9.17) is 0 Å². The van der Waals surface area contributed by atoms with Crippen LogP contribution < -0.4 is 15.5 Å². The maximum Gasteiger partial charge on any atom is 0.305 e. The normalized spacial score (nSPS) is 15.0. The second-order valence-corrected chi connectivity index (χ2v) is 14.0. The molecule has 43 heavy (non-hydrogen) atoms. The summed E-state index contributed by atoms with van der Waals surface area (Å²) >= 11 is 0. The van der Waals surface area contributed by atoms with Crippen molar-refractivity contribution in [2.75, 3.05) is 36.4 Å². The van der Waals surface area contributed by atoms with Crippen LogP contribution in [-0.4, -0.2) is 59.9 Å². The zero-order valence-corrected chi connectivity index (χ0v) is 26.8. The molecule has 9 nitrogen and oxygen atoms in total. The Balaban J connectivity index is 1.88. The number of carboxylic acid groups (broad SMARTS) is 1. The fourth-order valence-electron chi connectivity index (χ4n) is 5.17. The van der Waals surface area contributed by atoms with Crippen LogP contribution in [0.1, 0.15) is 94.8 Å². The number of anilines is 2. The predicted octanol–water partition coefficient (Wildman–Crippen LogP) is 5.79. The van der Waals surface area contributed by atoms with Gasteiger partial charge in [-0.25, -0.2) is 0 Å². The summed E-state index contributed by atoms with van der Waals surface area (Å²) < 4.78 is 0. The summed E-state index contributed by atoms with van der Waals surface area (Å²) in [7, 11) is 0. The molecule has 3 amide bonds. The molecule has 0 aromatic heterocycles. The first-order valence-corrected chi connectivity index (χ1v) is 15.1. The molecule has 0 bridgehead atoms. The van der Waals surface area contributed by atoms with Crippen LogP contribution in [0.15, 0.2) is 42.5 Å². The van der Waals surface area contributed by atoms with Crippen LogP contribution >= 0.6 is 0 Å². The average molecular weight is 593 g/mol. The summed E-state index contributed by atoms with van der Waals surface area (Å²) in [5.41, 5.74) is 3.03. The van der Waals surface area contributed by atoms with Gasteiger partial charge in [-0.05, 0) is 47.9 Å². The number of rotatable bonds is 9. The van der Waals surface area contributed by atoms with Gasteiger partial charge in [-0.15, -0.1) is 0 Å². The van der Waals surface area contributed by atoms with Gasteiger partial charge >= 0.3 is 5.97 Å². The second kappa shape index (κ2) is 14.1. The van der Waals surface area contributed by atoms with E-state index in [0.29, 0.717) is 55.8 Å². The van der Waals surface area contributed by atoms with E-state index in [1.54, 1.807) is 12.1 Å². The molecule has 1 unspecified atom stereocenters. The summed E-state index contributed by atoms with van der Waals surface area (Å²) in [5.74, 6) is -1.47. The molecule has 1 heterocycles. The topological polar surface area (TPSA) is 119 Å². The van der Waals surface area contributed by atoms with Gasteiger partial charge in [0.2, 0.25) is 11.8 Å². The van der Waals surface area contributed by atoms with Crippen molar-refractivity contribution >= 4 is 35.1 Å². The number of amides is 3. The highest BCUT2D eigenvalue weighted by atomic mass is 16.4. The van der Waals surface area contributed by atoms with Crippen molar-refractivity contribution in [1.82, 2.24) is 10.2 Å². The Kier molecular flexibility index (Phi) is 11.0. The third-order valence-corrected chi connectivity index (χ3v) is 7.26. The Hall–Kier alpha value is -3.88. The molecule has 1 saturated heterocycles. The maximum absolute atomic E-state index is 13.4. The number of hydrogen-bond donors (Lipinski definition) is 3. The lowest BCUT2D eigenvalue weighted by atomic mass is 9.91. The molecule has 1 fully saturated rings. The molecule has 0 radical (unpaired) electrons. The van der Waals surface area contributed by atoms with E-state index in [9.17, 15) is 24.3 Å². The summed E-state index contributed by atoms with van der Waals surface area (Å²) in [5, 5.41) is 15.4. The number of hydrogen-bond acceptors (Lipinski definition) is 5. The van der Waals surface area contributed by atoms with Gasteiger partial charge in [0.15, 0.2) is 0 Å². The minimum Gasteiger partial charge on any atom is -0.481 e. The van der Waals surface area contributed by atoms with E-state index in [0.717, 1.165) is 17.7 Å². The van der Waals surface area contributed by atoms with Gasteiger partial charge in [0.25, 0.3) is 5.91 Å². The lowest BCUT2D eigenvalue weighted by Crippen LogP contribution is -2.37. The maximum atomic E-state index is 13.4. The van der Waals surface area contributed by atoms with Crippen LogP contribution in [0.3, 0.4) is 0 Å². The molecule has 0 aliphatic carbocycles. The first kappa shape index (κ1) is 33.6. The molecule has 3 rings (SSSR count). The molecule has 2 aromatic rings. The predicted molar refractivity (Wildman–Crippen MR) is 170 cm³/mol. The minimum absolute atomic E-state index is 0.0904. The van der Waals surface area contributed by atoms with E-state index < -0.39 is 17.9 Å². The number of carbonyl (C=O) groups is 4. The Morgan fingerprint density at radius 3 is 2.12 bits per heavy atom. The molecule has 0 saturated carbocycles. The second-order valence-electron chi connectivity index (χ2n) is 14.0. The standard InChI is InChI=1S/C34H48N4O5/c1-23-9-11-24(12-10-23)26(20-31(41)42)36-32(43)25-13-14-28(27(19-25)35-29(39)21-33(2,3)4)37-15-8-16-38(18-17-37)30(40)22-34(5,6)7/h9-14,19,26H,8,15-18,20-22H2,1-7H3,(H,35,39)(H,36,43)(H,41,42). The van der Waals surface area contributed by atoms with Gasteiger partial charge in [0, 0.05) is 44.6 Å². The number of carboxylic acids is 1. The molecule has 1 aliphatic heterocycles. The monoisotopic (exact) mass is 592 g/mol. The van der Waals surface area contributed by atoms with Crippen LogP contribution in [0.25, 0.3) is 0 Å². The highest BCUT2D eigenvalue weighted by molar-refractivity contribution is 6.00. The van der Waals surface area contributed by atoms with Gasteiger partial charge in [-0.1, -0.05) is 71.4 Å². The summed E-state index contributed by atoms with van der Waals surface area (Å²) in [6.07, 6.45) is 1.30. The smallest absolute Gasteiger partial charge is 0.305 e. The van der Waals surface area contributed by atoms with Crippen LogP contribution in [0.5, 0.6) is 0 Å². The van der Waals surface area contributed by atoms with Crippen LogP contribution in [0.2, 0.25) is 0 Å². The minimum atomic E-state index is -1.02. The van der Waals surface area contributed by atoms with E-state index in [1.165, 1.54) is 0 Å². The number of aliphatic carboxylic acids is 1. The molecular weight excluding hydrogens is 544 g/mol. The number of carbonyl (C=O) groups excluding carboxylic acids is 3. The van der Waals surface area contributed by atoms with Crippen molar-refractivity contribution in [2.24, 2.45) is 10.8 Å². The van der Waals surface area contributed by atoms with Crippen LogP contribution in [0, 0.1) is 17.8 Å². The third kappa shape index (κ3) is 10.7. The van der Waals surface area contributed by atoms with Gasteiger partial charge < -0.3 is 25.5 Å². The van der Waals surface area contributed by atoms with E-state index >= 15 is 0 Å². The average Bonchev–Trinajstić information content (AvgIpc) is 3.13. The Bertz CT molecular complexity index is 1310. The van der Waals surface area contributed by atoms with Gasteiger partial charge in [0.1, 0.15) is 0 Å². The van der Waals surface area contributed by atoms with Crippen molar-refractivity contribution in [3.8, 4) is 0 Å². The van der Waals surface area contributed by atoms with Crippen molar-refractivity contribution in [3.63, 3.8) is 0 Å². The molecule has 9 heteroatoms. The van der Waals surface area contributed by atoms with Gasteiger partial charge in [0.05, 0.1) is 23.8 Å². The number of benzene rings is 2. The van der Waals surface area contributed by atoms with Crippen molar-refractivity contribution in [1.29, 1.82) is 0 Å².